The third-order valence-electron chi connectivity index (χ3n) is 2.49. The van der Waals surface area contributed by atoms with Crippen molar-refractivity contribution in [1.82, 2.24) is 10.3 Å². The van der Waals surface area contributed by atoms with Gasteiger partial charge in [0.15, 0.2) is 0 Å². The van der Waals surface area contributed by atoms with Gasteiger partial charge in [-0.25, -0.2) is 9.37 Å². The lowest BCUT2D eigenvalue weighted by molar-refractivity contribution is 0.457. The molecule has 100 valence electrons. The Morgan fingerprint density at radius 2 is 2.21 bits per heavy atom. The molecule has 3 nitrogen and oxygen atoms in total. The Kier molecular flexibility index (Phi) is 4.71. The molecule has 5 heteroatoms. The maximum atomic E-state index is 13.0. The molecule has 0 aliphatic carbocycles. The van der Waals surface area contributed by atoms with Crippen LogP contribution in [0.2, 0.25) is 5.02 Å². The number of pyridine rings is 1. The minimum Gasteiger partial charge on any atom is -0.439 e. The minimum atomic E-state index is -0.348. The summed E-state index contributed by atoms with van der Waals surface area (Å²) in [4.78, 5) is 4.07. The van der Waals surface area contributed by atoms with Crippen molar-refractivity contribution in [1.29, 1.82) is 0 Å². The number of nitrogens with one attached hydrogen (secondary N) is 1. The van der Waals surface area contributed by atoms with E-state index in [4.69, 9.17) is 16.3 Å². The van der Waals surface area contributed by atoms with Gasteiger partial charge in [-0.1, -0.05) is 24.6 Å². The predicted molar refractivity (Wildman–Crippen MR) is 73.1 cm³/mol. The molecule has 0 atom stereocenters. The molecule has 0 fully saturated rings. The van der Waals surface area contributed by atoms with E-state index >= 15 is 0 Å². The smallest absolute Gasteiger partial charge is 0.219 e. The van der Waals surface area contributed by atoms with Crippen molar-refractivity contribution in [2.75, 3.05) is 6.54 Å². The number of ether oxygens (including phenoxy) is 1. The summed E-state index contributed by atoms with van der Waals surface area (Å²) in [6.07, 6.45) is 1.53. The third-order valence-corrected chi connectivity index (χ3v) is 2.83. The van der Waals surface area contributed by atoms with E-state index < -0.39 is 0 Å². The highest BCUT2D eigenvalue weighted by Crippen LogP contribution is 2.24. The molecule has 0 spiro atoms. The Morgan fingerprint density at radius 3 is 2.95 bits per heavy atom. The number of nitrogens with zero attached hydrogens (tertiary/aromatic N) is 1. The molecule has 0 aliphatic heterocycles. The second kappa shape index (κ2) is 6.50. The van der Waals surface area contributed by atoms with Gasteiger partial charge in [-0.15, -0.1) is 0 Å². The van der Waals surface area contributed by atoms with E-state index in [1.165, 1.54) is 18.3 Å². The highest BCUT2D eigenvalue weighted by atomic mass is 35.5. The first-order valence-electron chi connectivity index (χ1n) is 5.97. The Hall–Kier alpha value is -1.65. The van der Waals surface area contributed by atoms with Gasteiger partial charge in [0.1, 0.15) is 11.6 Å². The molecule has 1 aromatic heterocycles. The molecule has 0 saturated heterocycles. The third kappa shape index (κ3) is 3.91. The summed E-state index contributed by atoms with van der Waals surface area (Å²) >= 11 is 6.04. The van der Waals surface area contributed by atoms with E-state index in [0.717, 1.165) is 12.1 Å². The van der Waals surface area contributed by atoms with E-state index in [9.17, 15) is 4.39 Å². The SMILES string of the molecule is CCNCc1cc(Oc2cccc(F)c2)ncc1Cl. The van der Waals surface area contributed by atoms with Gasteiger partial charge < -0.3 is 10.1 Å². The first-order valence-corrected chi connectivity index (χ1v) is 6.35. The lowest BCUT2D eigenvalue weighted by Crippen LogP contribution is -2.12. The van der Waals surface area contributed by atoms with Crippen LogP contribution in [0.5, 0.6) is 11.6 Å². The fraction of sp³-hybridized carbons (Fsp3) is 0.214. The van der Waals surface area contributed by atoms with Crippen LogP contribution in [-0.4, -0.2) is 11.5 Å². The van der Waals surface area contributed by atoms with Crippen LogP contribution >= 0.6 is 11.6 Å². The van der Waals surface area contributed by atoms with E-state index in [1.807, 2.05) is 6.92 Å². The van der Waals surface area contributed by atoms with Gasteiger partial charge in [0.2, 0.25) is 5.88 Å². The quantitative estimate of drug-likeness (QED) is 0.905. The van der Waals surface area contributed by atoms with Crippen LogP contribution in [0.3, 0.4) is 0 Å². The van der Waals surface area contributed by atoms with Crippen LogP contribution in [0.1, 0.15) is 12.5 Å². The standard InChI is InChI=1S/C14H14ClFN2O/c1-2-17-8-10-6-14(18-9-13(10)15)19-12-5-3-4-11(16)7-12/h3-7,9,17H,2,8H2,1H3. The van der Waals surface area contributed by atoms with Crippen LogP contribution in [0.25, 0.3) is 0 Å². The largest absolute Gasteiger partial charge is 0.439 e. The summed E-state index contributed by atoms with van der Waals surface area (Å²) < 4.78 is 18.5. The van der Waals surface area contributed by atoms with Gasteiger partial charge in [0, 0.05) is 24.9 Å². The number of hydrogen-bond acceptors (Lipinski definition) is 3. The summed E-state index contributed by atoms with van der Waals surface area (Å²) in [5, 5.41) is 3.75. The van der Waals surface area contributed by atoms with Crippen molar-refractivity contribution in [2.24, 2.45) is 0 Å². The number of aromatic nitrogens is 1. The molecule has 1 aromatic carbocycles. The second-order valence-electron chi connectivity index (χ2n) is 3.95. The first kappa shape index (κ1) is 13.8. The molecule has 0 amide bonds. The average Bonchev–Trinajstić information content (AvgIpc) is 2.39. The highest BCUT2D eigenvalue weighted by molar-refractivity contribution is 6.31. The molecule has 1 heterocycles. The molecule has 2 aromatic rings. The van der Waals surface area contributed by atoms with Crippen molar-refractivity contribution in [2.45, 2.75) is 13.5 Å². The molecule has 0 bridgehead atoms. The van der Waals surface area contributed by atoms with Crippen molar-refractivity contribution >= 4 is 11.6 Å². The zero-order chi connectivity index (χ0) is 13.7. The maximum Gasteiger partial charge on any atom is 0.219 e. The lowest BCUT2D eigenvalue weighted by Gasteiger charge is -2.08. The Morgan fingerprint density at radius 1 is 1.37 bits per heavy atom. The highest BCUT2D eigenvalue weighted by Gasteiger charge is 2.05. The monoisotopic (exact) mass is 280 g/mol. The van der Waals surface area contributed by atoms with Gasteiger partial charge in [0.05, 0.1) is 5.02 Å². The molecule has 0 radical (unpaired) electrons. The van der Waals surface area contributed by atoms with Crippen molar-refractivity contribution in [3.05, 3.63) is 52.9 Å². The van der Waals surface area contributed by atoms with Crippen LogP contribution in [-0.2, 0) is 6.54 Å². The van der Waals surface area contributed by atoms with Crippen LogP contribution in [0, 0.1) is 5.82 Å². The molecular weight excluding hydrogens is 267 g/mol. The number of halogens is 2. The summed E-state index contributed by atoms with van der Waals surface area (Å²) in [6, 6.07) is 7.67. The van der Waals surface area contributed by atoms with E-state index in [2.05, 4.69) is 10.3 Å². The van der Waals surface area contributed by atoms with E-state index in [0.29, 0.717) is 23.2 Å². The van der Waals surface area contributed by atoms with Gasteiger partial charge >= 0.3 is 0 Å². The summed E-state index contributed by atoms with van der Waals surface area (Å²) in [5.74, 6) is 0.450. The Bertz CT molecular complexity index is 563. The molecule has 19 heavy (non-hydrogen) atoms. The van der Waals surface area contributed by atoms with Gasteiger partial charge in [-0.3, -0.25) is 0 Å². The Labute approximate surface area is 116 Å². The summed E-state index contributed by atoms with van der Waals surface area (Å²) in [5.41, 5.74) is 0.893. The summed E-state index contributed by atoms with van der Waals surface area (Å²) in [7, 11) is 0. The summed E-state index contributed by atoms with van der Waals surface area (Å²) in [6.45, 7) is 3.50. The predicted octanol–water partition coefficient (Wildman–Crippen LogP) is 3.78. The Balaban J connectivity index is 2.16. The van der Waals surface area contributed by atoms with Crippen molar-refractivity contribution in [3.8, 4) is 11.6 Å². The second-order valence-corrected chi connectivity index (χ2v) is 4.36. The average molecular weight is 281 g/mol. The van der Waals surface area contributed by atoms with Gasteiger partial charge in [-0.05, 0) is 24.2 Å². The van der Waals surface area contributed by atoms with E-state index in [-0.39, 0.29) is 5.82 Å². The van der Waals surface area contributed by atoms with Gasteiger partial charge in [0.25, 0.3) is 0 Å². The van der Waals surface area contributed by atoms with Crippen LogP contribution in [0.4, 0.5) is 4.39 Å². The zero-order valence-electron chi connectivity index (χ0n) is 10.5. The topological polar surface area (TPSA) is 34.1 Å². The first-order chi connectivity index (χ1) is 9.19. The maximum absolute atomic E-state index is 13.0. The molecule has 0 aliphatic rings. The normalized spacial score (nSPS) is 10.5. The minimum absolute atomic E-state index is 0.348. The lowest BCUT2D eigenvalue weighted by atomic mass is 10.2. The molecule has 2 rings (SSSR count). The van der Waals surface area contributed by atoms with Crippen LogP contribution < -0.4 is 10.1 Å². The number of benzene rings is 1. The molecule has 0 unspecified atom stereocenters. The van der Waals surface area contributed by atoms with E-state index in [1.54, 1.807) is 18.2 Å². The molecular formula is C14H14ClFN2O. The molecule has 1 N–H and O–H groups in total. The van der Waals surface area contributed by atoms with Crippen molar-refractivity contribution in [3.63, 3.8) is 0 Å². The number of hydrogen-bond donors (Lipinski definition) is 1. The zero-order valence-corrected chi connectivity index (χ0v) is 11.2. The van der Waals surface area contributed by atoms with Crippen LogP contribution in [0.15, 0.2) is 36.5 Å². The van der Waals surface area contributed by atoms with Crippen molar-refractivity contribution < 1.29 is 9.13 Å². The fourth-order valence-corrected chi connectivity index (χ4v) is 1.73. The fourth-order valence-electron chi connectivity index (χ4n) is 1.56. The molecule has 0 saturated carbocycles. The van der Waals surface area contributed by atoms with Gasteiger partial charge in [-0.2, -0.15) is 0 Å². The number of rotatable bonds is 5.